The molecule has 1 heterocycles. The van der Waals surface area contributed by atoms with Crippen LogP contribution in [0.25, 0.3) is 6.08 Å². The molecule has 2 rings (SSSR count). The van der Waals surface area contributed by atoms with Crippen LogP contribution < -0.4 is 4.84 Å². The summed E-state index contributed by atoms with van der Waals surface area (Å²) >= 11 is 0. The summed E-state index contributed by atoms with van der Waals surface area (Å²) < 4.78 is 0. The molecule has 0 fully saturated rings. The lowest BCUT2D eigenvalue weighted by atomic mass is 10.2. The van der Waals surface area contributed by atoms with Gasteiger partial charge in [0.05, 0.1) is 6.20 Å². The first-order valence-electron chi connectivity index (χ1n) is 3.54. The normalized spacial score (nSPS) is 13.1. The Kier molecular flexibility index (Phi) is 1.45. The van der Waals surface area contributed by atoms with Crippen LogP contribution in [0.5, 0.6) is 5.75 Å². The van der Waals surface area contributed by atoms with E-state index in [0.717, 1.165) is 10.6 Å². The highest BCUT2D eigenvalue weighted by atomic mass is 16.7. The van der Waals surface area contributed by atoms with E-state index in [2.05, 4.69) is 0 Å². The molecular weight excluding hydrogens is 152 g/mol. The smallest absolute Gasteiger partial charge is 0.220 e. The zero-order valence-electron chi connectivity index (χ0n) is 6.27. The van der Waals surface area contributed by atoms with Crippen LogP contribution in [0.15, 0.2) is 30.5 Å². The van der Waals surface area contributed by atoms with Crippen LogP contribution >= 0.6 is 0 Å². The second-order valence-corrected chi connectivity index (χ2v) is 2.37. The predicted octanol–water partition coefficient (Wildman–Crippen LogP) is 1.75. The van der Waals surface area contributed by atoms with Gasteiger partial charge in [-0.05, 0) is 12.1 Å². The van der Waals surface area contributed by atoms with E-state index in [1.165, 1.54) is 0 Å². The molecule has 0 bridgehead atoms. The van der Waals surface area contributed by atoms with E-state index >= 15 is 0 Å². The van der Waals surface area contributed by atoms with Gasteiger partial charge in [0.1, 0.15) is 0 Å². The fraction of sp³-hybridized carbons (Fsp3) is 0. The van der Waals surface area contributed by atoms with E-state index in [1.54, 1.807) is 6.20 Å². The zero-order valence-corrected chi connectivity index (χ0v) is 6.27. The second kappa shape index (κ2) is 2.59. The van der Waals surface area contributed by atoms with Gasteiger partial charge in [0, 0.05) is 5.56 Å². The summed E-state index contributed by atoms with van der Waals surface area (Å²) in [6.45, 7) is 0. The Morgan fingerprint density at radius 1 is 1.33 bits per heavy atom. The minimum Gasteiger partial charge on any atom is -0.365 e. The van der Waals surface area contributed by atoms with Crippen molar-refractivity contribution < 1.29 is 4.84 Å². The monoisotopic (exact) mass is 158 g/mol. The van der Waals surface area contributed by atoms with Gasteiger partial charge in [0.15, 0.2) is 5.75 Å². The number of hydrogen-bond donors (Lipinski definition) is 0. The van der Waals surface area contributed by atoms with Crippen LogP contribution in [0.1, 0.15) is 5.56 Å². The number of benzene rings is 1. The van der Waals surface area contributed by atoms with Crippen molar-refractivity contribution in [2.24, 2.45) is 0 Å². The summed E-state index contributed by atoms with van der Waals surface area (Å²) in [5, 5.41) is 9.63. The molecule has 0 radical (unpaired) electrons. The molecule has 0 aliphatic carbocycles. The summed E-state index contributed by atoms with van der Waals surface area (Å²) in [6, 6.07) is 7.55. The molecule has 1 aromatic rings. The average molecular weight is 158 g/mol. The fourth-order valence-electron chi connectivity index (χ4n) is 1.04. The molecule has 0 aromatic heterocycles. The van der Waals surface area contributed by atoms with Gasteiger partial charge in [0.2, 0.25) is 6.19 Å². The molecule has 1 aliphatic rings. The van der Waals surface area contributed by atoms with Gasteiger partial charge in [-0.15, -0.1) is 5.06 Å². The van der Waals surface area contributed by atoms with Crippen molar-refractivity contribution in [1.29, 1.82) is 5.26 Å². The molecule has 12 heavy (non-hydrogen) atoms. The van der Waals surface area contributed by atoms with Crippen LogP contribution in [0.4, 0.5) is 0 Å². The molecule has 3 nitrogen and oxygen atoms in total. The summed E-state index contributed by atoms with van der Waals surface area (Å²) in [5.74, 6) is 0.710. The number of hydroxylamine groups is 2. The first-order valence-corrected chi connectivity index (χ1v) is 3.54. The third kappa shape index (κ3) is 0.995. The minimum atomic E-state index is 0.710. The number of para-hydroxylation sites is 1. The summed E-state index contributed by atoms with van der Waals surface area (Å²) in [4.78, 5) is 5.17. The Hall–Kier alpha value is -1.95. The second-order valence-electron chi connectivity index (χ2n) is 2.37. The fourth-order valence-corrected chi connectivity index (χ4v) is 1.04. The van der Waals surface area contributed by atoms with E-state index in [1.807, 2.05) is 36.5 Å². The van der Waals surface area contributed by atoms with Crippen molar-refractivity contribution in [3.8, 4) is 11.9 Å². The van der Waals surface area contributed by atoms with Crippen molar-refractivity contribution in [3.63, 3.8) is 0 Å². The number of rotatable bonds is 0. The van der Waals surface area contributed by atoms with Crippen LogP contribution in [-0.2, 0) is 0 Å². The maximum absolute atomic E-state index is 8.52. The van der Waals surface area contributed by atoms with Gasteiger partial charge in [-0.3, -0.25) is 0 Å². The average Bonchev–Trinajstić information content (AvgIpc) is 2.17. The minimum absolute atomic E-state index is 0.710. The van der Waals surface area contributed by atoms with Crippen LogP contribution in [-0.4, -0.2) is 5.06 Å². The Balaban J connectivity index is 2.41. The molecule has 0 unspecified atom stereocenters. The number of nitriles is 1. The lowest BCUT2D eigenvalue weighted by Gasteiger charge is -2.17. The largest absolute Gasteiger partial charge is 0.365 e. The van der Waals surface area contributed by atoms with Crippen LogP contribution in [0, 0.1) is 11.5 Å². The molecule has 0 atom stereocenters. The predicted molar refractivity (Wildman–Crippen MR) is 43.6 cm³/mol. The molecule has 1 aromatic carbocycles. The van der Waals surface area contributed by atoms with Gasteiger partial charge in [-0.1, -0.05) is 18.2 Å². The van der Waals surface area contributed by atoms with Gasteiger partial charge in [-0.25, -0.2) is 0 Å². The summed E-state index contributed by atoms with van der Waals surface area (Å²) in [5.41, 5.74) is 0.990. The molecule has 58 valence electrons. The summed E-state index contributed by atoms with van der Waals surface area (Å²) in [6.07, 6.45) is 5.29. The molecule has 0 spiro atoms. The summed E-state index contributed by atoms with van der Waals surface area (Å²) in [7, 11) is 0. The quantitative estimate of drug-likeness (QED) is 0.539. The van der Waals surface area contributed by atoms with E-state index < -0.39 is 0 Å². The highest BCUT2D eigenvalue weighted by molar-refractivity contribution is 5.58. The zero-order chi connectivity index (χ0) is 8.39. The van der Waals surface area contributed by atoms with Crippen LogP contribution in [0.3, 0.4) is 0 Å². The first-order chi connectivity index (χ1) is 5.90. The Morgan fingerprint density at radius 2 is 2.17 bits per heavy atom. The van der Waals surface area contributed by atoms with E-state index in [-0.39, 0.29) is 0 Å². The van der Waals surface area contributed by atoms with Gasteiger partial charge >= 0.3 is 0 Å². The number of nitrogens with zero attached hydrogens (tertiary/aromatic N) is 2. The van der Waals surface area contributed by atoms with Crippen molar-refractivity contribution in [1.82, 2.24) is 5.06 Å². The highest BCUT2D eigenvalue weighted by Crippen LogP contribution is 2.23. The van der Waals surface area contributed by atoms with Crippen LogP contribution in [0.2, 0.25) is 0 Å². The first kappa shape index (κ1) is 6.74. The Labute approximate surface area is 70.1 Å². The van der Waals surface area contributed by atoms with Crippen molar-refractivity contribution in [2.75, 3.05) is 0 Å². The number of fused-ring (bicyclic) bond motifs is 1. The molecule has 0 N–H and O–H groups in total. The maximum Gasteiger partial charge on any atom is 0.220 e. The lowest BCUT2D eigenvalue weighted by molar-refractivity contribution is 0.0531. The molecule has 0 saturated carbocycles. The SMILES string of the molecule is N#CN1C=Cc2ccccc2O1. The molecule has 0 amide bonds. The molecule has 1 aliphatic heterocycles. The maximum atomic E-state index is 8.52. The number of hydrogen-bond acceptors (Lipinski definition) is 3. The highest BCUT2D eigenvalue weighted by Gasteiger charge is 2.09. The van der Waals surface area contributed by atoms with Crippen molar-refractivity contribution in [2.45, 2.75) is 0 Å². The third-order valence-corrected chi connectivity index (χ3v) is 1.60. The Bertz CT molecular complexity index is 365. The van der Waals surface area contributed by atoms with E-state index in [0.29, 0.717) is 5.75 Å². The standard InChI is InChI=1S/C9H6N2O/c10-7-11-6-5-8-3-1-2-4-9(8)12-11/h1-6H. The lowest BCUT2D eigenvalue weighted by Crippen LogP contribution is -2.17. The van der Waals surface area contributed by atoms with Gasteiger partial charge in [0.25, 0.3) is 0 Å². The van der Waals surface area contributed by atoms with E-state index in [9.17, 15) is 0 Å². The van der Waals surface area contributed by atoms with Crippen molar-refractivity contribution >= 4 is 6.08 Å². The topological polar surface area (TPSA) is 36.3 Å². The third-order valence-electron chi connectivity index (χ3n) is 1.60. The van der Waals surface area contributed by atoms with E-state index in [4.69, 9.17) is 10.1 Å². The molecule has 3 heteroatoms. The van der Waals surface area contributed by atoms with Gasteiger partial charge < -0.3 is 4.84 Å². The molecule has 0 saturated heterocycles. The Morgan fingerprint density at radius 3 is 3.00 bits per heavy atom. The van der Waals surface area contributed by atoms with Gasteiger partial charge in [-0.2, -0.15) is 5.26 Å². The molecular formula is C9H6N2O. The van der Waals surface area contributed by atoms with Crippen molar-refractivity contribution in [3.05, 3.63) is 36.0 Å².